The molecule has 2 rings (SSSR count). The van der Waals surface area contributed by atoms with E-state index in [4.69, 9.17) is 9.47 Å². The van der Waals surface area contributed by atoms with Gasteiger partial charge in [0.2, 0.25) is 0 Å². The van der Waals surface area contributed by atoms with E-state index in [1.165, 1.54) is 7.11 Å². The summed E-state index contributed by atoms with van der Waals surface area (Å²) in [5.74, 6) is 0.606. The molecule has 0 saturated carbocycles. The highest BCUT2D eigenvalue weighted by Gasteiger charge is 2.07. The van der Waals surface area contributed by atoms with Crippen LogP contribution >= 0.6 is 0 Å². The maximum absolute atomic E-state index is 12.2. The van der Waals surface area contributed by atoms with E-state index in [9.17, 15) is 10.3 Å². The van der Waals surface area contributed by atoms with Gasteiger partial charge in [-0.3, -0.25) is 0 Å². The van der Waals surface area contributed by atoms with Crippen molar-refractivity contribution in [2.45, 2.75) is 6.10 Å². The number of quaternary nitrogens is 1. The van der Waals surface area contributed by atoms with Crippen molar-refractivity contribution >= 4 is 11.4 Å². The summed E-state index contributed by atoms with van der Waals surface area (Å²) in [5, 5.41) is 21.7. The number of para-hydroxylation sites is 1. The van der Waals surface area contributed by atoms with Crippen LogP contribution in [0.15, 0.2) is 54.6 Å². The van der Waals surface area contributed by atoms with Gasteiger partial charge in [-0.2, -0.15) is 0 Å². The Morgan fingerprint density at radius 2 is 1.62 bits per heavy atom. The third-order valence-corrected chi connectivity index (χ3v) is 2.95. The lowest BCUT2D eigenvalue weighted by Gasteiger charge is -2.21. The van der Waals surface area contributed by atoms with Crippen LogP contribution in [0.5, 0.6) is 5.75 Å². The van der Waals surface area contributed by atoms with Crippen LogP contribution in [0.4, 0.5) is 11.4 Å². The maximum atomic E-state index is 12.2. The molecule has 0 heterocycles. The summed E-state index contributed by atoms with van der Waals surface area (Å²) < 4.78 is 10.2. The van der Waals surface area contributed by atoms with Crippen LogP contribution < -0.4 is 9.80 Å². The smallest absolute Gasteiger partial charge is 0.136 e. The molecule has 0 aliphatic carbocycles. The van der Waals surface area contributed by atoms with E-state index in [0.717, 1.165) is 0 Å². The van der Waals surface area contributed by atoms with Crippen molar-refractivity contribution < 1.29 is 19.6 Å². The average molecular weight is 289 g/mol. The van der Waals surface area contributed by atoms with Crippen LogP contribution in [-0.4, -0.2) is 31.5 Å². The number of ether oxygens (including phenoxy) is 2. The predicted molar refractivity (Wildman–Crippen MR) is 79.9 cm³/mol. The van der Waals surface area contributed by atoms with Crippen molar-refractivity contribution in [1.29, 1.82) is 0 Å². The number of benzene rings is 2. The number of nitrogens with one attached hydrogen (secondary N) is 1. The van der Waals surface area contributed by atoms with Gasteiger partial charge in [0.05, 0.1) is 6.61 Å². The Hall–Kier alpha value is -1.92. The highest BCUT2D eigenvalue weighted by molar-refractivity contribution is 5.40. The summed E-state index contributed by atoms with van der Waals surface area (Å²) in [6.07, 6.45) is -0.666. The van der Waals surface area contributed by atoms with Gasteiger partial charge in [0.25, 0.3) is 0 Å². The van der Waals surface area contributed by atoms with Crippen molar-refractivity contribution in [3.8, 4) is 5.75 Å². The molecule has 0 aliphatic rings. The van der Waals surface area contributed by atoms with E-state index >= 15 is 0 Å². The summed E-state index contributed by atoms with van der Waals surface area (Å²) in [6, 6.07) is 16.0. The predicted octanol–water partition coefficient (Wildman–Crippen LogP) is 1.42. The van der Waals surface area contributed by atoms with Gasteiger partial charge in [-0.1, -0.05) is 18.2 Å². The zero-order valence-corrected chi connectivity index (χ0v) is 11.9. The molecule has 5 heteroatoms. The molecule has 0 fully saturated rings. The standard InChI is InChI=1S/C16H19NO4/c1-20-11-15(18)12-21-16-9-7-14(8-10-16)17(19)13-5-3-2-4-6-13/h2-10,15,17-18H,11-12H2,1H3. The monoisotopic (exact) mass is 289 g/mol. The zero-order chi connectivity index (χ0) is 15.1. The molecule has 2 atom stereocenters. The first kappa shape index (κ1) is 15.5. The van der Waals surface area contributed by atoms with Gasteiger partial charge in [-0.15, -0.1) is 0 Å². The fourth-order valence-electron chi connectivity index (χ4n) is 1.89. The maximum Gasteiger partial charge on any atom is 0.136 e. The van der Waals surface area contributed by atoms with Gasteiger partial charge in [-0.05, 0) is 24.3 Å². The molecule has 2 aromatic rings. The third-order valence-electron chi connectivity index (χ3n) is 2.95. The summed E-state index contributed by atoms with van der Waals surface area (Å²) >= 11 is 0. The fraction of sp³-hybridized carbons (Fsp3) is 0.250. The molecule has 0 bridgehead atoms. The molecular formula is C16H19NO4. The fourth-order valence-corrected chi connectivity index (χ4v) is 1.89. The van der Waals surface area contributed by atoms with E-state index < -0.39 is 6.10 Å². The van der Waals surface area contributed by atoms with Crippen LogP contribution in [0.3, 0.4) is 0 Å². The van der Waals surface area contributed by atoms with Crippen LogP contribution in [0.1, 0.15) is 0 Å². The molecule has 5 nitrogen and oxygen atoms in total. The van der Waals surface area contributed by atoms with Crippen LogP contribution in [-0.2, 0) is 4.74 Å². The minimum atomic E-state index is -0.666. The van der Waals surface area contributed by atoms with E-state index in [1.807, 2.05) is 18.2 Å². The SMILES string of the molecule is COCC(O)COc1ccc([NH+]([O-])c2ccccc2)cc1. The largest absolute Gasteiger partial charge is 0.623 e. The normalized spacial score (nSPS) is 13.7. The number of hydrogen-bond acceptors (Lipinski definition) is 4. The Bertz CT molecular complexity index is 530. The van der Waals surface area contributed by atoms with Crippen LogP contribution in [0.2, 0.25) is 0 Å². The number of aliphatic hydroxyl groups is 1. The summed E-state index contributed by atoms with van der Waals surface area (Å²) in [6.45, 7) is 0.379. The quantitative estimate of drug-likeness (QED) is 0.757. The minimum Gasteiger partial charge on any atom is -0.623 e. The van der Waals surface area contributed by atoms with Gasteiger partial charge in [0.1, 0.15) is 29.8 Å². The van der Waals surface area contributed by atoms with Crippen molar-refractivity contribution in [2.24, 2.45) is 0 Å². The molecule has 2 aromatic carbocycles. The molecule has 0 aromatic heterocycles. The highest BCUT2D eigenvalue weighted by Crippen LogP contribution is 2.15. The first-order valence-electron chi connectivity index (χ1n) is 6.70. The second kappa shape index (κ2) is 7.75. The summed E-state index contributed by atoms with van der Waals surface area (Å²) in [4.78, 5) is 0. The van der Waals surface area contributed by atoms with E-state index in [-0.39, 0.29) is 18.3 Å². The van der Waals surface area contributed by atoms with Gasteiger partial charge in [-0.25, -0.2) is 0 Å². The molecule has 2 unspecified atom stereocenters. The van der Waals surface area contributed by atoms with Gasteiger partial charge in [0.15, 0.2) is 0 Å². The Labute approximate surface area is 123 Å². The number of methoxy groups -OCH3 is 1. The zero-order valence-electron chi connectivity index (χ0n) is 11.9. The molecule has 0 amide bonds. The van der Waals surface area contributed by atoms with Crippen LogP contribution in [0.25, 0.3) is 0 Å². The van der Waals surface area contributed by atoms with E-state index in [1.54, 1.807) is 36.4 Å². The molecule has 21 heavy (non-hydrogen) atoms. The highest BCUT2D eigenvalue weighted by atomic mass is 16.5. The number of aliphatic hydroxyl groups excluding tert-OH is 1. The molecule has 0 spiro atoms. The first-order chi connectivity index (χ1) is 10.2. The van der Waals surface area contributed by atoms with Crippen LogP contribution in [0, 0.1) is 5.21 Å². The van der Waals surface area contributed by atoms with Gasteiger partial charge >= 0.3 is 0 Å². The average Bonchev–Trinajstić information content (AvgIpc) is 2.54. The topological polar surface area (TPSA) is 66.2 Å². The Morgan fingerprint density at radius 3 is 2.24 bits per heavy atom. The lowest BCUT2D eigenvalue weighted by atomic mass is 10.2. The van der Waals surface area contributed by atoms with Crippen molar-refractivity contribution in [2.75, 3.05) is 20.3 Å². The summed E-state index contributed by atoms with van der Waals surface area (Å²) in [5.41, 5.74) is 1.26. The van der Waals surface area contributed by atoms with Gasteiger partial charge < -0.3 is 24.9 Å². The Balaban J connectivity index is 1.96. The van der Waals surface area contributed by atoms with Gasteiger partial charge in [0, 0.05) is 19.2 Å². The van der Waals surface area contributed by atoms with Crippen molar-refractivity contribution in [3.63, 3.8) is 0 Å². The summed E-state index contributed by atoms with van der Waals surface area (Å²) in [7, 11) is 1.52. The molecular weight excluding hydrogens is 270 g/mol. The van der Waals surface area contributed by atoms with E-state index in [0.29, 0.717) is 17.1 Å². The molecule has 0 aliphatic heterocycles. The molecule has 112 valence electrons. The molecule has 0 saturated heterocycles. The minimum absolute atomic E-state index is 0.0263. The first-order valence-corrected chi connectivity index (χ1v) is 6.70. The lowest BCUT2D eigenvalue weighted by Crippen LogP contribution is -2.96. The van der Waals surface area contributed by atoms with E-state index in [2.05, 4.69) is 0 Å². The second-order valence-corrected chi connectivity index (χ2v) is 4.64. The van der Waals surface area contributed by atoms with Crippen molar-refractivity contribution in [3.05, 3.63) is 59.8 Å². The number of hydrogen-bond donors (Lipinski definition) is 2. The molecule has 2 N–H and O–H groups in total. The third kappa shape index (κ3) is 4.54. The Kier molecular flexibility index (Phi) is 5.71. The lowest BCUT2D eigenvalue weighted by molar-refractivity contribution is -0.698. The Morgan fingerprint density at radius 1 is 1.00 bits per heavy atom. The second-order valence-electron chi connectivity index (χ2n) is 4.64. The number of rotatable bonds is 7. The molecule has 0 radical (unpaired) electrons. The van der Waals surface area contributed by atoms with Crippen molar-refractivity contribution in [1.82, 2.24) is 0 Å².